The van der Waals surface area contributed by atoms with Gasteiger partial charge in [-0.2, -0.15) is 13.2 Å². The number of benzene rings is 2. The zero-order valence-corrected chi connectivity index (χ0v) is 16.2. The first-order valence-corrected chi connectivity index (χ1v) is 9.49. The van der Waals surface area contributed by atoms with Gasteiger partial charge in [-0.1, -0.05) is 30.3 Å². The van der Waals surface area contributed by atoms with E-state index in [9.17, 15) is 18.0 Å². The van der Waals surface area contributed by atoms with Crippen LogP contribution in [0.2, 0.25) is 0 Å². The predicted octanol–water partition coefficient (Wildman–Crippen LogP) is 5.34. The molecule has 148 valence electrons. The molecule has 3 rings (SSSR count). The van der Waals surface area contributed by atoms with Gasteiger partial charge in [0.15, 0.2) is 0 Å². The van der Waals surface area contributed by atoms with E-state index in [0.717, 1.165) is 21.7 Å². The number of amides is 2. The fraction of sp³-hybridized carbons (Fsp3) is 0.250. The molecule has 2 N–H and O–H groups in total. The summed E-state index contributed by atoms with van der Waals surface area (Å²) in [6, 6.07) is 12.1. The van der Waals surface area contributed by atoms with Crippen LogP contribution >= 0.6 is 11.3 Å². The highest BCUT2D eigenvalue weighted by Gasteiger charge is 2.33. The molecule has 1 heterocycles. The molecule has 1 aromatic heterocycles. The van der Waals surface area contributed by atoms with Crippen LogP contribution in [-0.2, 0) is 6.18 Å². The zero-order valence-electron chi connectivity index (χ0n) is 15.4. The van der Waals surface area contributed by atoms with Crippen LogP contribution in [0, 0.1) is 0 Å². The molecule has 4 nitrogen and oxygen atoms in total. The number of para-hydroxylation sites is 1. The van der Waals surface area contributed by atoms with Crippen LogP contribution in [0.4, 0.5) is 23.7 Å². The number of rotatable bonds is 5. The van der Waals surface area contributed by atoms with E-state index >= 15 is 0 Å². The number of nitrogens with zero attached hydrogens (tertiary/aromatic N) is 1. The Kier molecular flexibility index (Phi) is 5.90. The molecule has 0 radical (unpaired) electrons. The second-order valence-corrected chi connectivity index (χ2v) is 7.46. The highest BCUT2D eigenvalue weighted by molar-refractivity contribution is 7.17. The van der Waals surface area contributed by atoms with Crippen molar-refractivity contribution in [2.75, 3.05) is 26.0 Å². The zero-order chi connectivity index (χ0) is 20.3. The molecule has 0 saturated carbocycles. The average Bonchev–Trinajstić information content (AvgIpc) is 3.05. The average molecular weight is 407 g/mol. The number of hydrogen-bond acceptors (Lipinski definition) is 3. The summed E-state index contributed by atoms with van der Waals surface area (Å²) in [6.07, 6.45) is -4.54. The fourth-order valence-electron chi connectivity index (χ4n) is 3.02. The maximum absolute atomic E-state index is 13.1. The van der Waals surface area contributed by atoms with E-state index in [1.807, 2.05) is 48.6 Å². The SMILES string of the molecule is CN(C)[C@@H](CNC(=O)Nc1ccccc1C(F)(F)F)c1csc2ccccc12. The summed E-state index contributed by atoms with van der Waals surface area (Å²) in [4.78, 5) is 14.2. The van der Waals surface area contributed by atoms with E-state index in [2.05, 4.69) is 10.6 Å². The van der Waals surface area contributed by atoms with Crippen LogP contribution in [-0.4, -0.2) is 31.6 Å². The number of thiophene rings is 1. The molecule has 0 unspecified atom stereocenters. The molecule has 0 spiro atoms. The van der Waals surface area contributed by atoms with Crippen LogP contribution in [0.3, 0.4) is 0 Å². The lowest BCUT2D eigenvalue weighted by Crippen LogP contribution is -2.37. The third-order valence-electron chi connectivity index (χ3n) is 4.43. The minimum Gasteiger partial charge on any atom is -0.336 e. The molecule has 0 fully saturated rings. The van der Waals surface area contributed by atoms with Crippen molar-refractivity contribution in [3.8, 4) is 0 Å². The molecule has 1 atom stereocenters. The van der Waals surface area contributed by atoms with Crippen molar-refractivity contribution in [1.29, 1.82) is 0 Å². The summed E-state index contributed by atoms with van der Waals surface area (Å²) in [6.45, 7) is 0.258. The van der Waals surface area contributed by atoms with Crippen LogP contribution in [0.1, 0.15) is 17.2 Å². The van der Waals surface area contributed by atoms with Crippen molar-refractivity contribution in [3.05, 3.63) is 65.0 Å². The molecule has 0 bridgehead atoms. The van der Waals surface area contributed by atoms with E-state index < -0.39 is 17.8 Å². The predicted molar refractivity (Wildman–Crippen MR) is 107 cm³/mol. The Morgan fingerprint density at radius 1 is 1.11 bits per heavy atom. The van der Waals surface area contributed by atoms with E-state index in [-0.39, 0.29) is 18.3 Å². The smallest absolute Gasteiger partial charge is 0.336 e. The van der Waals surface area contributed by atoms with Crippen molar-refractivity contribution >= 4 is 33.1 Å². The Labute approximate surface area is 165 Å². The lowest BCUT2D eigenvalue weighted by molar-refractivity contribution is -0.136. The summed E-state index contributed by atoms with van der Waals surface area (Å²) < 4.78 is 40.4. The highest BCUT2D eigenvalue weighted by atomic mass is 32.1. The number of carbonyl (C=O) groups is 1. The lowest BCUT2D eigenvalue weighted by Gasteiger charge is -2.25. The van der Waals surface area contributed by atoms with Crippen LogP contribution in [0.15, 0.2) is 53.9 Å². The van der Waals surface area contributed by atoms with Crippen molar-refractivity contribution < 1.29 is 18.0 Å². The summed E-state index contributed by atoms with van der Waals surface area (Å²) >= 11 is 1.62. The maximum Gasteiger partial charge on any atom is 0.418 e. The monoisotopic (exact) mass is 407 g/mol. The molecular formula is C20H20F3N3OS. The standard InChI is InChI=1S/C20H20F3N3OS/c1-26(2)17(14-12-28-18-10-6-3-7-13(14)18)11-24-19(27)25-16-9-5-4-8-15(16)20(21,22)23/h3-10,12,17H,11H2,1-2H3,(H2,24,25,27)/t17-/m0/s1. The number of urea groups is 1. The maximum atomic E-state index is 13.1. The number of alkyl halides is 3. The van der Waals surface area contributed by atoms with E-state index in [1.165, 1.54) is 18.2 Å². The number of likely N-dealkylation sites (N-methyl/N-ethyl adjacent to an activating group) is 1. The van der Waals surface area contributed by atoms with Crippen molar-refractivity contribution in [2.24, 2.45) is 0 Å². The van der Waals surface area contributed by atoms with Gasteiger partial charge in [0.05, 0.1) is 17.3 Å². The Hall–Kier alpha value is -2.58. The van der Waals surface area contributed by atoms with Gasteiger partial charge in [0.2, 0.25) is 0 Å². The molecule has 0 aliphatic rings. The molecule has 28 heavy (non-hydrogen) atoms. The molecule has 8 heteroatoms. The number of hydrogen-bond donors (Lipinski definition) is 2. The number of anilines is 1. The summed E-state index contributed by atoms with van der Waals surface area (Å²) in [5.74, 6) is 0. The summed E-state index contributed by atoms with van der Waals surface area (Å²) in [7, 11) is 3.80. The minimum atomic E-state index is -4.54. The quantitative estimate of drug-likeness (QED) is 0.599. The molecule has 0 saturated heterocycles. The van der Waals surface area contributed by atoms with Crippen molar-refractivity contribution in [3.63, 3.8) is 0 Å². The lowest BCUT2D eigenvalue weighted by atomic mass is 10.0. The van der Waals surface area contributed by atoms with Gasteiger partial charge < -0.3 is 15.5 Å². The Bertz CT molecular complexity index is 968. The molecule has 0 aliphatic carbocycles. The first-order valence-electron chi connectivity index (χ1n) is 8.61. The third kappa shape index (κ3) is 4.45. The van der Waals surface area contributed by atoms with Crippen molar-refractivity contribution in [1.82, 2.24) is 10.2 Å². The summed E-state index contributed by atoms with van der Waals surface area (Å²) in [5, 5.41) is 8.15. The topological polar surface area (TPSA) is 44.4 Å². The van der Waals surface area contributed by atoms with Crippen LogP contribution in [0.5, 0.6) is 0 Å². The largest absolute Gasteiger partial charge is 0.418 e. The van der Waals surface area contributed by atoms with Gasteiger partial charge in [0, 0.05) is 11.2 Å². The highest BCUT2D eigenvalue weighted by Crippen LogP contribution is 2.35. The number of carbonyl (C=O) groups excluding carboxylic acids is 1. The number of halogens is 3. The van der Waals surface area contributed by atoms with Crippen molar-refractivity contribution in [2.45, 2.75) is 12.2 Å². The van der Waals surface area contributed by atoms with Gasteiger partial charge in [-0.25, -0.2) is 4.79 Å². The fourth-order valence-corrected chi connectivity index (χ4v) is 4.03. The van der Waals surface area contributed by atoms with Crippen LogP contribution < -0.4 is 10.6 Å². The Balaban J connectivity index is 1.72. The van der Waals surface area contributed by atoms with Gasteiger partial charge >= 0.3 is 12.2 Å². The minimum absolute atomic E-state index is 0.111. The second-order valence-electron chi connectivity index (χ2n) is 6.54. The number of nitrogens with one attached hydrogen (secondary N) is 2. The van der Waals surface area contributed by atoms with E-state index in [1.54, 1.807) is 11.3 Å². The van der Waals surface area contributed by atoms with E-state index in [4.69, 9.17) is 0 Å². The molecule has 2 amide bonds. The second kappa shape index (κ2) is 8.20. The van der Waals surface area contributed by atoms with Gasteiger partial charge in [0.1, 0.15) is 0 Å². The van der Waals surface area contributed by atoms with Gasteiger partial charge in [-0.05, 0) is 48.6 Å². The van der Waals surface area contributed by atoms with Gasteiger partial charge in [0.25, 0.3) is 0 Å². The first kappa shape index (κ1) is 20.2. The Morgan fingerprint density at radius 3 is 2.50 bits per heavy atom. The number of fused-ring (bicyclic) bond motifs is 1. The van der Waals surface area contributed by atoms with Gasteiger partial charge in [-0.15, -0.1) is 11.3 Å². The molecule has 3 aromatic rings. The third-order valence-corrected chi connectivity index (χ3v) is 5.41. The van der Waals surface area contributed by atoms with E-state index in [0.29, 0.717) is 0 Å². The summed E-state index contributed by atoms with van der Waals surface area (Å²) in [5.41, 5.74) is -0.0744. The molecular weight excluding hydrogens is 387 g/mol. The van der Waals surface area contributed by atoms with Crippen LogP contribution in [0.25, 0.3) is 10.1 Å². The molecule has 0 aliphatic heterocycles. The first-order chi connectivity index (χ1) is 13.3. The Morgan fingerprint density at radius 2 is 1.79 bits per heavy atom. The molecule has 2 aromatic carbocycles. The van der Waals surface area contributed by atoms with Gasteiger partial charge in [-0.3, -0.25) is 0 Å². The normalized spacial score (nSPS) is 12.9.